The van der Waals surface area contributed by atoms with Gasteiger partial charge in [0.2, 0.25) is 21.9 Å². The van der Waals surface area contributed by atoms with Gasteiger partial charge in [-0.25, -0.2) is 28.1 Å². The van der Waals surface area contributed by atoms with Gasteiger partial charge in [0, 0.05) is 44.7 Å². The van der Waals surface area contributed by atoms with E-state index >= 15 is 0 Å². The van der Waals surface area contributed by atoms with E-state index in [1.165, 1.54) is 23.0 Å². The monoisotopic (exact) mass is 781 g/mol. The van der Waals surface area contributed by atoms with E-state index in [-0.39, 0.29) is 65.3 Å². The summed E-state index contributed by atoms with van der Waals surface area (Å²) < 4.78 is 69.7. The van der Waals surface area contributed by atoms with Crippen LogP contribution in [0.4, 0.5) is 29.7 Å². The van der Waals surface area contributed by atoms with Crippen molar-refractivity contribution < 1.29 is 45.8 Å². The van der Waals surface area contributed by atoms with Crippen molar-refractivity contribution in [3.63, 3.8) is 0 Å². The molecule has 6 atom stereocenters. The lowest BCUT2D eigenvalue weighted by atomic mass is 10.1. The van der Waals surface area contributed by atoms with Gasteiger partial charge in [0.1, 0.15) is 6.10 Å². The Labute approximate surface area is 307 Å². The number of halogens is 3. The van der Waals surface area contributed by atoms with Crippen molar-refractivity contribution in [3.8, 4) is 0 Å². The Balaban J connectivity index is 1.29. The molecule has 294 valence electrons. The molecular weight excluding hydrogens is 739 g/mol. The molecule has 54 heavy (non-hydrogen) atoms. The summed E-state index contributed by atoms with van der Waals surface area (Å²) in [6.07, 6.45) is -5.74. The maximum absolute atomic E-state index is 13.4. The van der Waals surface area contributed by atoms with Gasteiger partial charge >= 0.3 is 18.2 Å². The Morgan fingerprint density at radius 3 is 2.50 bits per heavy atom. The summed E-state index contributed by atoms with van der Waals surface area (Å²) >= 11 is 0. The summed E-state index contributed by atoms with van der Waals surface area (Å²) in [6.45, 7) is 4.15. The number of nitrogens with one attached hydrogen (secondary N) is 5. The third-order valence-electron chi connectivity index (χ3n) is 9.69. The van der Waals surface area contributed by atoms with Gasteiger partial charge in [-0.1, -0.05) is 19.1 Å². The lowest BCUT2D eigenvalue weighted by molar-refractivity contribution is -0.209. The van der Waals surface area contributed by atoms with E-state index < -0.39 is 52.4 Å². The number of esters is 1. The smallest absolute Gasteiger partial charge is 0.451 e. The van der Waals surface area contributed by atoms with Crippen LogP contribution in [0.3, 0.4) is 0 Å². The molecule has 1 saturated carbocycles. The molecule has 3 amide bonds. The maximum atomic E-state index is 13.4. The minimum atomic E-state index is -5.34. The van der Waals surface area contributed by atoms with Gasteiger partial charge in [-0.05, 0) is 49.9 Å². The van der Waals surface area contributed by atoms with Crippen LogP contribution in [0.1, 0.15) is 44.2 Å². The van der Waals surface area contributed by atoms with Gasteiger partial charge in [-0.2, -0.15) is 23.1 Å². The normalized spacial score (nSPS) is 24.4. The number of anilines is 2. The number of amides is 3. The predicted molar refractivity (Wildman–Crippen MR) is 187 cm³/mol. The van der Waals surface area contributed by atoms with E-state index in [2.05, 4.69) is 31.6 Å². The molecule has 1 aromatic carbocycles. The molecule has 22 heteroatoms. The Bertz CT molecular complexity index is 1960. The van der Waals surface area contributed by atoms with Crippen molar-refractivity contribution in [1.82, 2.24) is 40.8 Å². The molecule has 1 aliphatic carbocycles. The highest BCUT2D eigenvalue weighted by Gasteiger charge is 2.51. The molecule has 8 N–H and O–H groups in total. The summed E-state index contributed by atoms with van der Waals surface area (Å²) in [7, 11) is -3.87. The highest BCUT2D eigenvalue weighted by Crippen LogP contribution is 2.38. The Kier molecular flexibility index (Phi) is 11.5. The standard InChI is InChI=1S/C32H42F3N11O7S/c1-2-23(47)42-21-13-22(26(25(21)48)53-29(49)32(33,34)35)46-16-39-24-27(38-11-7-17-3-5-20(6-4-17)54(36,51)52)43-30(44-28(24)46)45-12-9-19(15-45)41-31(50)40-18-8-10-37-14-18/h3-6,16,18-19,21-22,25-26,37,48H,2,7-15H2,1H3,(H,42,47)(H2,36,51,52)(H,38,43,44)(H2,40,41,50)/t18-,19-,21+,22-,25-,26+/m1/s1. The van der Waals surface area contributed by atoms with Crippen molar-refractivity contribution in [2.75, 3.05) is 42.9 Å². The van der Waals surface area contributed by atoms with Crippen molar-refractivity contribution in [2.24, 2.45) is 5.14 Å². The molecule has 0 unspecified atom stereocenters. The first-order valence-corrected chi connectivity index (χ1v) is 19.0. The van der Waals surface area contributed by atoms with Crippen LogP contribution < -0.4 is 36.6 Å². The SMILES string of the molecule is CCC(=O)N[C@H]1C[C@@H](n2cnc3c(NCCc4ccc(S(N)(=O)=O)cc4)nc(N4CC[C@@H](NC(=O)N[C@@H]5CCNC5)C4)nc32)[C@H](OC(=O)C(F)(F)F)[C@@H]1O. The van der Waals surface area contributed by atoms with Crippen molar-refractivity contribution in [3.05, 3.63) is 36.2 Å². The molecule has 4 heterocycles. The number of ether oxygens (including phenoxy) is 1. The average Bonchev–Trinajstić information content (AvgIpc) is 3.93. The maximum Gasteiger partial charge on any atom is 0.490 e. The summed E-state index contributed by atoms with van der Waals surface area (Å²) in [5.74, 6) is -2.48. The number of sulfonamides is 1. The Morgan fingerprint density at radius 1 is 1.09 bits per heavy atom. The lowest BCUT2D eigenvalue weighted by Gasteiger charge is -2.25. The fourth-order valence-electron chi connectivity index (χ4n) is 6.89. The zero-order valence-corrected chi connectivity index (χ0v) is 30.0. The third-order valence-corrected chi connectivity index (χ3v) is 10.6. The van der Waals surface area contributed by atoms with Gasteiger partial charge in [0.25, 0.3) is 0 Å². The summed E-state index contributed by atoms with van der Waals surface area (Å²) in [4.78, 5) is 52.7. The molecular formula is C32H42F3N11O7S. The number of hydrogen-bond donors (Lipinski definition) is 7. The molecule has 18 nitrogen and oxygen atoms in total. The second-order valence-electron chi connectivity index (χ2n) is 13.5. The van der Waals surface area contributed by atoms with Crippen LogP contribution in [0.2, 0.25) is 0 Å². The van der Waals surface area contributed by atoms with Crippen LogP contribution in [0, 0.1) is 0 Å². The van der Waals surface area contributed by atoms with Crippen molar-refractivity contribution >= 4 is 50.9 Å². The van der Waals surface area contributed by atoms with Crippen LogP contribution in [0.25, 0.3) is 11.2 Å². The van der Waals surface area contributed by atoms with E-state index in [1.807, 2.05) is 4.90 Å². The zero-order chi connectivity index (χ0) is 38.8. The molecule has 2 saturated heterocycles. The molecule has 2 aromatic heterocycles. The molecule has 0 radical (unpaired) electrons. The molecule has 6 rings (SSSR count). The average molecular weight is 782 g/mol. The number of nitrogens with two attached hydrogens (primary N) is 1. The number of carbonyl (C=O) groups excluding carboxylic acids is 3. The number of hydrogen-bond acceptors (Lipinski definition) is 13. The van der Waals surface area contributed by atoms with Crippen LogP contribution in [0.15, 0.2) is 35.5 Å². The number of alkyl halides is 3. The van der Waals surface area contributed by atoms with Crippen LogP contribution in [-0.2, 0) is 30.8 Å². The van der Waals surface area contributed by atoms with E-state index in [0.29, 0.717) is 32.5 Å². The van der Waals surface area contributed by atoms with Crippen LogP contribution in [0.5, 0.6) is 0 Å². The van der Waals surface area contributed by atoms with Gasteiger partial charge < -0.3 is 45.9 Å². The van der Waals surface area contributed by atoms with Crippen LogP contribution >= 0.6 is 0 Å². The second kappa shape index (κ2) is 15.9. The Morgan fingerprint density at radius 2 is 1.83 bits per heavy atom. The minimum Gasteiger partial charge on any atom is -0.451 e. The van der Waals surface area contributed by atoms with Gasteiger partial charge in [0.15, 0.2) is 23.1 Å². The molecule has 3 aromatic rings. The van der Waals surface area contributed by atoms with Crippen LogP contribution in [-0.4, -0.2) is 120 Å². The third kappa shape index (κ3) is 8.93. The number of aliphatic hydroxyl groups excluding tert-OH is 1. The lowest BCUT2D eigenvalue weighted by Crippen LogP contribution is -2.47. The van der Waals surface area contributed by atoms with Crippen molar-refractivity contribution in [1.29, 1.82) is 0 Å². The van der Waals surface area contributed by atoms with E-state index in [0.717, 1.165) is 18.5 Å². The molecule has 3 aliphatic rings. The molecule has 0 spiro atoms. The summed E-state index contributed by atoms with van der Waals surface area (Å²) in [5.41, 5.74) is 1.15. The quantitative estimate of drug-likeness (QED) is 0.120. The molecule has 2 aliphatic heterocycles. The number of primary sulfonamides is 1. The van der Waals surface area contributed by atoms with E-state index in [9.17, 15) is 41.1 Å². The molecule has 0 bridgehead atoms. The number of nitrogens with zero attached hydrogens (tertiary/aromatic N) is 5. The highest BCUT2D eigenvalue weighted by molar-refractivity contribution is 7.89. The molecule has 3 fully saturated rings. The summed E-state index contributed by atoms with van der Waals surface area (Å²) in [6, 6.07) is 3.32. The Hall–Kier alpha value is -4.80. The predicted octanol–water partition coefficient (Wildman–Crippen LogP) is 0.0427. The number of imidazole rings is 1. The van der Waals surface area contributed by atoms with Gasteiger partial charge in [0.05, 0.1) is 23.3 Å². The zero-order valence-electron chi connectivity index (χ0n) is 29.2. The first-order chi connectivity index (χ1) is 25.6. The number of benzene rings is 1. The minimum absolute atomic E-state index is 0.0250. The van der Waals surface area contributed by atoms with Crippen molar-refractivity contribution in [2.45, 2.75) is 86.5 Å². The van der Waals surface area contributed by atoms with E-state index in [1.54, 1.807) is 19.1 Å². The first-order valence-electron chi connectivity index (χ1n) is 17.5. The fraction of sp³-hybridized carbons (Fsp3) is 0.562. The number of rotatable bonds is 12. The van der Waals surface area contributed by atoms with Gasteiger partial charge in [-0.15, -0.1) is 0 Å². The van der Waals surface area contributed by atoms with E-state index in [4.69, 9.17) is 19.8 Å². The highest BCUT2D eigenvalue weighted by atomic mass is 32.2. The summed E-state index contributed by atoms with van der Waals surface area (Å²) in [5, 5.41) is 31.2. The largest absolute Gasteiger partial charge is 0.490 e. The topological polar surface area (TPSA) is 248 Å². The number of fused-ring (bicyclic) bond motifs is 1. The number of aliphatic hydroxyl groups is 1. The number of aromatic nitrogens is 4. The number of carbonyl (C=O) groups is 3. The first kappa shape index (κ1) is 38.9. The fourth-order valence-corrected chi connectivity index (χ4v) is 7.40. The second-order valence-corrected chi connectivity index (χ2v) is 15.1. The number of urea groups is 1. The van der Waals surface area contributed by atoms with Gasteiger partial charge in [-0.3, -0.25) is 4.79 Å².